The van der Waals surface area contributed by atoms with Crippen LogP contribution in [0.3, 0.4) is 0 Å². The van der Waals surface area contributed by atoms with Crippen molar-refractivity contribution >= 4 is 27.2 Å². The number of anilines is 2. The van der Waals surface area contributed by atoms with Gasteiger partial charge < -0.3 is 11.1 Å². The van der Waals surface area contributed by atoms with Crippen LogP contribution in [-0.4, -0.2) is 29.9 Å². The summed E-state index contributed by atoms with van der Waals surface area (Å²) in [5.41, 5.74) is 7.17. The summed E-state index contributed by atoms with van der Waals surface area (Å²) in [5.74, 6) is -0.325. The lowest BCUT2D eigenvalue weighted by Crippen LogP contribution is -2.22. The summed E-state index contributed by atoms with van der Waals surface area (Å²) in [6, 6.07) is 7.26. The number of nitrogens with two attached hydrogens (primary N) is 1. The molecular weight excluding hydrogens is 378 g/mol. The van der Waals surface area contributed by atoms with Crippen molar-refractivity contribution < 1.29 is 13.2 Å². The normalized spacial score (nSPS) is 23.0. The molecule has 0 saturated heterocycles. The van der Waals surface area contributed by atoms with E-state index in [2.05, 4.69) is 16.5 Å². The zero-order valence-corrected chi connectivity index (χ0v) is 16.1. The number of aryl methyl sites for hydroxylation is 1. The van der Waals surface area contributed by atoms with Crippen molar-refractivity contribution in [3.63, 3.8) is 0 Å². The zero-order chi connectivity index (χ0) is 19.9. The monoisotopic (exact) mass is 399 g/mol. The highest BCUT2D eigenvalue weighted by Gasteiger charge is 2.29. The predicted molar refractivity (Wildman–Crippen MR) is 103 cm³/mol. The van der Waals surface area contributed by atoms with Crippen LogP contribution in [0.25, 0.3) is 0 Å². The lowest BCUT2D eigenvalue weighted by atomic mass is 9.85. The Morgan fingerprint density at radius 2 is 2.11 bits per heavy atom. The van der Waals surface area contributed by atoms with Gasteiger partial charge in [0.2, 0.25) is 0 Å². The predicted octanol–water partition coefficient (Wildman–Crippen LogP) is 2.31. The number of nitriles is 1. The highest BCUT2D eigenvalue weighted by Crippen LogP contribution is 2.35. The maximum atomic E-state index is 12.0. The summed E-state index contributed by atoms with van der Waals surface area (Å²) in [6.45, 7) is 0. The summed E-state index contributed by atoms with van der Waals surface area (Å²) in [6.07, 6.45) is 5.74. The zero-order valence-electron chi connectivity index (χ0n) is 15.3. The highest BCUT2D eigenvalue weighted by atomic mass is 32.2. The van der Waals surface area contributed by atoms with Crippen molar-refractivity contribution in [1.82, 2.24) is 9.78 Å². The first-order valence-electron chi connectivity index (χ1n) is 9.30. The molecule has 0 bridgehead atoms. The van der Waals surface area contributed by atoms with Crippen LogP contribution in [0.5, 0.6) is 0 Å². The number of sulfone groups is 1. The number of aromatic nitrogens is 2. The largest absolute Gasteiger partial charge is 0.365 e. The minimum absolute atomic E-state index is 0.0856. The van der Waals surface area contributed by atoms with Crippen molar-refractivity contribution in [2.24, 2.45) is 11.7 Å². The molecule has 0 spiro atoms. The van der Waals surface area contributed by atoms with Crippen LogP contribution in [0.4, 0.5) is 11.5 Å². The van der Waals surface area contributed by atoms with E-state index < -0.39 is 15.7 Å². The summed E-state index contributed by atoms with van der Waals surface area (Å²) >= 11 is 0. The third-order valence-corrected chi connectivity index (χ3v) is 7.34. The number of hydrogen-bond acceptors (Lipinski definition) is 6. The maximum Gasteiger partial charge on any atom is 0.254 e. The summed E-state index contributed by atoms with van der Waals surface area (Å²) in [5, 5.41) is 17.0. The van der Waals surface area contributed by atoms with E-state index in [-0.39, 0.29) is 23.3 Å². The Morgan fingerprint density at radius 1 is 1.32 bits per heavy atom. The summed E-state index contributed by atoms with van der Waals surface area (Å²) in [4.78, 5) is 12.3. The lowest BCUT2D eigenvalue weighted by molar-refractivity contribution is 0.100. The van der Waals surface area contributed by atoms with Gasteiger partial charge in [0.15, 0.2) is 15.7 Å². The Hall–Kier alpha value is -2.86. The Balaban J connectivity index is 1.66. The van der Waals surface area contributed by atoms with E-state index in [4.69, 9.17) is 5.73 Å². The molecule has 146 valence electrons. The molecule has 2 aliphatic rings. The van der Waals surface area contributed by atoms with Gasteiger partial charge in [-0.25, -0.2) is 8.42 Å². The fraction of sp³-hybridized carbons (Fsp3) is 0.421. The van der Waals surface area contributed by atoms with Crippen molar-refractivity contribution in [1.29, 1.82) is 5.26 Å². The van der Waals surface area contributed by atoms with Crippen LogP contribution in [0, 0.1) is 17.2 Å². The van der Waals surface area contributed by atoms with E-state index in [9.17, 15) is 18.5 Å². The molecule has 2 atom stereocenters. The first-order valence-corrected chi connectivity index (χ1v) is 11.0. The molecule has 1 aromatic carbocycles. The Morgan fingerprint density at radius 3 is 2.86 bits per heavy atom. The maximum absolute atomic E-state index is 12.0. The van der Waals surface area contributed by atoms with Gasteiger partial charge in [0.1, 0.15) is 5.56 Å². The van der Waals surface area contributed by atoms with Gasteiger partial charge in [-0.1, -0.05) is 12.8 Å². The summed E-state index contributed by atoms with van der Waals surface area (Å²) < 4.78 is 25.6. The average Bonchev–Trinajstić information content (AvgIpc) is 3.23. The van der Waals surface area contributed by atoms with Crippen molar-refractivity contribution in [2.75, 3.05) is 11.1 Å². The number of fused-ring (bicyclic) bond motifs is 1. The van der Waals surface area contributed by atoms with Crippen molar-refractivity contribution in [3.05, 3.63) is 35.5 Å². The molecule has 1 aromatic heterocycles. The molecule has 0 radical (unpaired) electrons. The smallest absolute Gasteiger partial charge is 0.254 e. The second-order valence-corrected chi connectivity index (χ2v) is 9.42. The number of nitrogens with one attached hydrogen (secondary N) is 1. The molecule has 9 heteroatoms. The first-order chi connectivity index (χ1) is 13.4. The lowest BCUT2D eigenvalue weighted by Gasteiger charge is -2.26. The van der Waals surface area contributed by atoms with E-state index in [1.165, 1.54) is 0 Å². The molecular formula is C19H21N5O3S. The second kappa shape index (κ2) is 6.95. The van der Waals surface area contributed by atoms with Gasteiger partial charge in [0, 0.05) is 11.9 Å². The molecule has 1 amide bonds. The van der Waals surface area contributed by atoms with Gasteiger partial charge in [0.05, 0.1) is 28.7 Å². The quantitative estimate of drug-likeness (QED) is 0.811. The molecule has 1 aliphatic heterocycles. The molecule has 3 N–H and O–H groups in total. The van der Waals surface area contributed by atoms with E-state index in [0.717, 1.165) is 31.2 Å². The number of nitrogens with zero attached hydrogens (tertiary/aromatic N) is 3. The Labute approximate surface area is 163 Å². The van der Waals surface area contributed by atoms with E-state index >= 15 is 0 Å². The van der Waals surface area contributed by atoms with Crippen LogP contribution in [0.2, 0.25) is 0 Å². The fourth-order valence-electron chi connectivity index (χ4n) is 4.06. The minimum atomic E-state index is -3.19. The van der Waals surface area contributed by atoms with Crippen LogP contribution < -0.4 is 11.1 Å². The average molecular weight is 399 g/mol. The van der Waals surface area contributed by atoms with Crippen molar-refractivity contribution in [2.45, 2.75) is 43.0 Å². The van der Waals surface area contributed by atoms with Gasteiger partial charge in [-0.15, -0.1) is 0 Å². The van der Waals surface area contributed by atoms with Gasteiger partial charge in [-0.3, -0.25) is 9.48 Å². The summed E-state index contributed by atoms with van der Waals surface area (Å²) in [7, 11) is -3.19. The number of carbonyl (C=O) groups is 1. The molecule has 28 heavy (non-hydrogen) atoms. The molecule has 1 saturated carbocycles. The van der Waals surface area contributed by atoms with E-state index in [1.807, 2.05) is 0 Å². The molecule has 2 aromatic rings. The van der Waals surface area contributed by atoms with E-state index in [0.29, 0.717) is 22.8 Å². The van der Waals surface area contributed by atoms with Gasteiger partial charge in [-0.05, 0) is 43.0 Å². The Bertz CT molecular complexity index is 1080. The number of primary amides is 1. The molecule has 1 fully saturated rings. The van der Waals surface area contributed by atoms with Gasteiger partial charge in [-0.2, -0.15) is 10.4 Å². The third-order valence-electron chi connectivity index (χ3n) is 5.53. The number of amides is 1. The topological polar surface area (TPSA) is 131 Å². The number of hydrogen-bond donors (Lipinski definition) is 2. The first kappa shape index (κ1) is 18.5. The number of benzene rings is 1. The van der Waals surface area contributed by atoms with Crippen LogP contribution in [0.15, 0.2) is 29.3 Å². The highest BCUT2D eigenvalue weighted by molar-refractivity contribution is 7.91. The fourth-order valence-corrected chi connectivity index (χ4v) is 5.60. The molecule has 2 heterocycles. The van der Waals surface area contributed by atoms with Crippen LogP contribution >= 0.6 is 0 Å². The standard InChI is InChI=1S/C19H21N5O3S/c20-10-13-3-1-2-4-16(13)24-11-15(18(21)25)19(23-24)22-14-5-6-17-12(9-14)7-8-28(17,26)27/h5-6,9,11,13,16H,1-4,7-8H2,(H2,21,25)(H,22,23)/t13?,16-/m0/s1. The van der Waals surface area contributed by atoms with Gasteiger partial charge >= 0.3 is 0 Å². The molecule has 1 unspecified atom stereocenters. The van der Waals surface area contributed by atoms with Crippen LogP contribution in [-0.2, 0) is 16.3 Å². The van der Waals surface area contributed by atoms with Crippen molar-refractivity contribution in [3.8, 4) is 6.07 Å². The Kier molecular flexibility index (Phi) is 4.59. The molecule has 8 nitrogen and oxygen atoms in total. The molecule has 1 aliphatic carbocycles. The second-order valence-electron chi connectivity index (χ2n) is 7.34. The third kappa shape index (κ3) is 3.24. The SMILES string of the molecule is N#CC1CCCC[C@@H]1n1cc(C(N)=O)c(Nc2ccc3c(c2)CCS3(=O)=O)n1. The van der Waals surface area contributed by atoms with Crippen LogP contribution in [0.1, 0.15) is 47.6 Å². The number of carbonyl (C=O) groups excluding carboxylic acids is 1. The van der Waals surface area contributed by atoms with Gasteiger partial charge in [0.25, 0.3) is 5.91 Å². The number of rotatable bonds is 4. The minimum Gasteiger partial charge on any atom is -0.365 e. The van der Waals surface area contributed by atoms with E-state index in [1.54, 1.807) is 29.1 Å². The molecule has 4 rings (SSSR count).